The van der Waals surface area contributed by atoms with Crippen molar-refractivity contribution < 1.29 is 9.53 Å². The van der Waals surface area contributed by atoms with Crippen LogP contribution in [0.3, 0.4) is 0 Å². The highest BCUT2D eigenvalue weighted by molar-refractivity contribution is 7.14. The van der Waals surface area contributed by atoms with Crippen LogP contribution < -0.4 is 4.74 Å². The Morgan fingerprint density at radius 2 is 1.86 bits per heavy atom. The fraction of sp³-hybridized carbons (Fsp3) is 0.0556. The van der Waals surface area contributed by atoms with Crippen LogP contribution in [0.2, 0.25) is 5.02 Å². The summed E-state index contributed by atoms with van der Waals surface area (Å²) in [6.07, 6.45) is 0.768. The van der Waals surface area contributed by atoms with E-state index in [0.29, 0.717) is 17.2 Å². The lowest BCUT2D eigenvalue weighted by Gasteiger charge is -2.09. The van der Waals surface area contributed by atoms with Crippen molar-refractivity contribution in [3.8, 4) is 16.2 Å². The average molecular weight is 329 g/mol. The van der Waals surface area contributed by atoms with Gasteiger partial charge >= 0.3 is 0 Å². The monoisotopic (exact) mass is 328 g/mol. The van der Waals surface area contributed by atoms with Gasteiger partial charge in [-0.05, 0) is 17.0 Å². The first-order chi connectivity index (χ1) is 10.8. The van der Waals surface area contributed by atoms with Gasteiger partial charge in [0, 0.05) is 11.1 Å². The van der Waals surface area contributed by atoms with Gasteiger partial charge in [-0.2, -0.15) is 0 Å². The van der Waals surface area contributed by atoms with E-state index in [1.54, 1.807) is 17.4 Å². The largest absolute Gasteiger partial charge is 0.487 e. The summed E-state index contributed by atoms with van der Waals surface area (Å²) in [5.41, 5.74) is 2.42. The normalized spacial score (nSPS) is 10.4. The second-order valence-corrected chi connectivity index (χ2v) is 6.01. The van der Waals surface area contributed by atoms with E-state index in [-0.39, 0.29) is 0 Å². The third-order valence-electron chi connectivity index (χ3n) is 3.27. The number of aldehydes is 1. The summed E-state index contributed by atoms with van der Waals surface area (Å²) in [6, 6.07) is 17.3. The Bertz CT molecular complexity index is 781. The van der Waals surface area contributed by atoms with E-state index < -0.39 is 0 Å². The van der Waals surface area contributed by atoms with Crippen LogP contribution in [-0.2, 0) is 6.61 Å². The third kappa shape index (κ3) is 3.06. The molecule has 110 valence electrons. The first-order valence-corrected chi connectivity index (χ1v) is 8.03. The lowest BCUT2D eigenvalue weighted by atomic mass is 10.1. The summed E-state index contributed by atoms with van der Waals surface area (Å²) in [5, 5.41) is 2.42. The summed E-state index contributed by atoms with van der Waals surface area (Å²) >= 11 is 7.86. The maximum atomic E-state index is 11.0. The zero-order chi connectivity index (χ0) is 15.4. The zero-order valence-electron chi connectivity index (χ0n) is 11.7. The van der Waals surface area contributed by atoms with Gasteiger partial charge in [-0.1, -0.05) is 60.1 Å². The SMILES string of the molecule is O=Cc1cccc(-c2sccc2OCc2ccccc2)c1Cl. The molecule has 2 aromatic carbocycles. The molecule has 0 radical (unpaired) electrons. The smallest absolute Gasteiger partial charge is 0.151 e. The number of halogens is 1. The summed E-state index contributed by atoms with van der Waals surface area (Å²) in [7, 11) is 0. The number of carbonyl (C=O) groups excluding carboxylic acids is 1. The molecule has 1 aromatic heterocycles. The molecule has 3 aromatic rings. The Balaban J connectivity index is 1.88. The number of thiophene rings is 1. The molecule has 0 unspecified atom stereocenters. The molecule has 0 fully saturated rings. The van der Waals surface area contributed by atoms with Gasteiger partial charge in [-0.3, -0.25) is 4.79 Å². The Morgan fingerprint density at radius 1 is 1.05 bits per heavy atom. The van der Waals surface area contributed by atoms with Gasteiger partial charge < -0.3 is 4.74 Å². The van der Waals surface area contributed by atoms with Gasteiger partial charge in [0.05, 0.1) is 9.90 Å². The zero-order valence-corrected chi connectivity index (χ0v) is 13.2. The second kappa shape index (κ2) is 6.77. The van der Waals surface area contributed by atoms with Gasteiger partial charge in [0.25, 0.3) is 0 Å². The Kier molecular flexibility index (Phi) is 4.56. The summed E-state index contributed by atoms with van der Waals surface area (Å²) in [5.74, 6) is 0.777. The first-order valence-electron chi connectivity index (χ1n) is 6.78. The molecule has 22 heavy (non-hydrogen) atoms. The van der Waals surface area contributed by atoms with Gasteiger partial charge in [-0.25, -0.2) is 0 Å². The van der Waals surface area contributed by atoms with E-state index >= 15 is 0 Å². The molecule has 0 N–H and O–H groups in total. The number of benzene rings is 2. The molecule has 0 atom stereocenters. The molecule has 0 saturated carbocycles. The van der Waals surface area contributed by atoms with Crippen LogP contribution in [0.1, 0.15) is 15.9 Å². The molecular formula is C18H13ClO2S. The van der Waals surface area contributed by atoms with Crippen LogP contribution in [0.5, 0.6) is 5.75 Å². The molecule has 0 spiro atoms. The number of hydrogen-bond acceptors (Lipinski definition) is 3. The Hall–Kier alpha value is -2.10. The lowest BCUT2D eigenvalue weighted by Crippen LogP contribution is -1.95. The molecular weight excluding hydrogens is 316 g/mol. The number of hydrogen-bond donors (Lipinski definition) is 0. The van der Waals surface area contributed by atoms with Crippen LogP contribution in [-0.4, -0.2) is 6.29 Å². The van der Waals surface area contributed by atoms with Gasteiger partial charge in [0.1, 0.15) is 12.4 Å². The van der Waals surface area contributed by atoms with Crippen LogP contribution in [0.25, 0.3) is 10.4 Å². The van der Waals surface area contributed by atoms with Gasteiger partial charge in [0.2, 0.25) is 0 Å². The van der Waals surface area contributed by atoms with E-state index in [1.807, 2.05) is 53.9 Å². The molecule has 1 heterocycles. The molecule has 2 nitrogen and oxygen atoms in total. The fourth-order valence-electron chi connectivity index (χ4n) is 2.16. The van der Waals surface area contributed by atoms with Crippen molar-refractivity contribution in [2.24, 2.45) is 0 Å². The minimum Gasteiger partial charge on any atom is -0.487 e. The maximum Gasteiger partial charge on any atom is 0.151 e. The molecule has 0 aliphatic heterocycles. The van der Waals surface area contributed by atoms with Gasteiger partial charge in [-0.15, -0.1) is 11.3 Å². The summed E-state index contributed by atoms with van der Waals surface area (Å²) < 4.78 is 5.91. The molecule has 0 amide bonds. The van der Waals surface area contributed by atoms with Crippen LogP contribution in [0, 0.1) is 0 Å². The van der Waals surface area contributed by atoms with Crippen molar-refractivity contribution in [2.45, 2.75) is 6.61 Å². The highest BCUT2D eigenvalue weighted by Gasteiger charge is 2.14. The Labute approximate surface area is 137 Å². The van der Waals surface area contributed by atoms with Crippen LogP contribution >= 0.6 is 22.9 Å². The molecule has 0 aliphatic rings. The number of rotatable bonds is 5. The number of carbonyl (C=O) groups is 1. The van der Waals surface area contributed by atoms with E-state index in [1.165, 1.54) is 0 Å². The fourth-order valence-corrected chi connectivity index (χ4v) is 3.35. The van der Waals surface area contributed by atoms with Gasteiger partial charge in [0.15, 0.2) is 6.29 Å². The topological polar surface area (TPSA) is 26.3 Å². The predicted octanol–water partition coefficient (Wildman–Crippen LogP) is 5.46. The minimum atomic E-state index is 0.463. The molecule has 3 rings (SSSR count). The predicted molar refractivity (Wildman–Crippen MR) is 90.9 cm³/mol. The minimum absolute atomic E-state index is 0.463. The lowest BCUT2D eigenvalue weighted by molar-refractivity contribution is 0.112. The van der Waals surface area contributed by atoms with E-state index in [4.69, 9.17) is 16.3 Å². The molecule has 0 saturated heterocycles. The average Bonchev–Trinajstić information content (AvgIpc) is 3.02. The van der Waals surface area contributed by atoms with Crippen molar-refractivity contribution in [3.63, 3.8) is 0 Å². The maximum absolute atomic E-state index is 11.0. The first kappa shape index (κ1) is 14.8. The van der Waals surface area contributed by atoms with Crippen molar-refractivity contribution in [1.29, 1.82) is 0 Å². The van der Waals surface area contributed by atoms with Crippen molar-refractivity contribution >= 4 is 29.2 Å². The van der Waals surface area contributed by atoms with E-state index in [0.717, 1.165) is 28.0 Å². The van der Waals surface area contributed by atoms with E-state index in [9.17, 15) is 4.79 Å². The standard InChI is InChI=1S/C18H13ClO2S/c19-17-14(11-20)7-4-8-15(17)18-16(9-10-22-18)21-12-13-5-2-1-3-6-13/h1-11H,12H2. The Morgan fingerprint density at radius 3 is 2.64 bits per heavy atom. The second-order valence-electron chi connectivity index (χ2n) is 4.71. The molecule has 0 bridgehead atoms. The summed E-state index contributed by atoms with van der Waals surface area (Å²) in [6.45, 7) is 0.496. The molecule has 0 aliphatic carbocycles. The van der Waals surface area contributed by atoms with Crippen molar-refractivity contribution in [3.05, 3.63) is 76.1 Å². The summed E-state index contributed by atoms with van der Waals surface area (Å²) in [4.78, 5) is 12.0. The number of ether oxygens (including phenoxy) is 1. The van der Waals surface area contributed by atoms with E-state index in [2.05, 4.69) is 0 Å². The van der Waals surface area contributed by atoms with Crippen LogP contribution in [0.15, 0.2) is 60.0 Å². The van der Waals surface area contributed by atoms with Crippen molar-refractivity contribution in [1.82, 2.24) is 0 Å². The molecule has 4 heteroatoms. The van der Waals surface area contributed by atoms with Crippen molar-refractivity contribution in [2.75, 3.05) is 0 Å². The quantitative estimate of drug-likeness (QED) is 0.581. The highest BCUT2D eigenvalue weighted by Crippen LogP contribution is 2.40. The third-order valence-corrected chi connectivity index (χ3v) is 4.62. The highest BCUT2D eigenvalue weighted by atomic mass is 35.5. The van der Waals surface area contributed by atoms with Crippen LogP contribution in [0.4, 0.5) is 0 Å².